The smallest absolute Gasteiger partial charge is 0.243 e. The Labute approximate surface area is 124 Å². The summed E-state index contributed by atoms with van der Waals surface area (Å²) in [7, 11) is -3.50. The quantitative estimate of drug-likeness (QED) is 0.824. The molecule has 8 heteroatoms. The van der Waals surface area contributed by atoms with Crippen LogP contribution in [0, 0.1) is 5.92 Å². The van der Waals surface area contributed by atoms with Gasteiger partial charge in [-0.15, -0.1) is 0 Å². The number of thioether (sulfide) groups is 1. The Hall–Kier alpha value is -0.860. The molecule has 2 N–H and O–H groups in total. The number of hydrogen-bond acceptors (Lipinski definition) is 6. The number of nitrogens with one attached hydrogen (secondary N) is 2. The highest BCUT2D eigenvalue weighted by Gasteiger charge is 2.19. The molecule has 0 bridgehead atoms. The molecule has 0 spiro atoms. The number of nitrogens with zero attached hydrogens (tertiary/aromatic N) is 2. The zero-order valence-electron chi connectivity index (χ0n) is 11.5. The van der Waals surface area contributed by atoms with E-state index >= 15 is 0 Å². The summed E-state index contributed by atoms with van der Waals surface area (Å²) < 4.78 is 26.9. The van der Waals surface area contributed by atoms with Crippen molar-refractivity contribution < 1.29 is 8.42 Å². The maximum absolute atomic E-state index is 12.1. The lowest BCUT2D eigenvalue weighted by Crippen LogP contribution is -2.31. The fourth-order valence-corrected chi connectivity index (χ4v) is 4.17. The molecule has 112 valence electrons. The maximum atomic E-state index is 12.1. The summed E-state index contributed by atoms with van der Waals surface area (Å²) in [6, 6.07) is 0. The summed E-state index contributed by atoms with van der Waals surface area (Å²) in [5.41, 5.74) is 0. The lowest BCUT2D eigenvalue weighted by atomic mass is 10.0. The fraction of sp³-hybridized carbons (Fsp3) is 0.667. The first kappa shape index (κ1) is 15.5. The Morgan fingerprint density at radius 2 is 1.95 bits per heavy atom. The molecule has 1 aliphatic heterocycles. The van der Waals surface area contributed by atoms with Crippen molar-refractivity contribution in [3.8, 4) is 0 Å². The molecule has 2 heterocycles. The van der Waals surface area contributed by atoms with E-state index in [0.29, 0.717) is 25.0 Å². The lowest BCUT2D eigenvalue weighted by Gasteiger charge is -2.21. The van der Waals surface area contributed by atoms with Crippen LogP contribution in [-0.4, -0.2) is 43.0 Å². The number of rotatable bonds is 6. The molecule has 0 unspecified atom stereocenters. The van der Waals surface area contributed by atoms with Gasteiger partial charge in [-0.1, -0.05) is 0 Å². The molecule has 0 amide bonds. The second-order valence-corrected chi connectivity index (χ2v) is 7.67. The highest BCUT2D eigenvalue weighted by atomic mass is 32.2. The average molecular weight is 316 g/mol. The third kappa shape index (κ3) is 4.32. The molecule has 0 atom stereocenters. The summed E-state index contributed by atoms with van der Waals surface area (Å²) in [6.07, 6.45) is 4.82. The molecule has 1 fully saturated rings. The summed E-state index contributed by atoms with van der Waals surface area (Å²) in [5, 5.41) is 2.93. The second kappa shape index (κ2) is 7.24. The first-order valence-electron chi connectivity index (χ1n) is 6.75. The van der Waals surface area contributed by atoms with Crippen LogP contribution in [0.4, 0.5) is 5.95 Å². The van der Waals surface area contributed by atoms with Crippen LogP contribution in [0.25, 0.3) is 0 Å². The first-order valence-corrected chi connectivity index (χ1v) is 9.39. The van der Waals surface area contributed by atoms with Gasteiger partial charge in [0, 0.05) is 13.1 Å². The van der Waals surface area contributed by atoms with Crippen molar-refractivity contribution >= 4 is 27.7 Å². The minimum absolute atomic E-state index is 0.115. The molecule has 20 heavy (non-hydrogen) atoms. The van der Waals surface area contributed by atoms with Gasteiger partial charge in [-0.05, 0) is 37.2 Å². The van der Waals surface area contributed by atoms with Crippen molar-refractivity contribution in [2.45, 2.75) is 24.7 Å². The zero-order chi connectivity index (χ0) is 14.4. The molecule has 0 saturated carbocycles. The van der Waals surface area contributed by atoms with E-state index in [-0.39, 0.29) is 4.90 Å². The van der Waals surface area contributed by atoms with E-state index in [4.69, 9.17) is 0 Å². The molecule has 0 radical (unpaired) electrons. The molecular weight excluding hydrogens is 296 g/mol. The molecule has 1 aliphatic rings. The normalized spacial score (nSPS) is 17.1. The summed E-state index contributed by atoms with van der Waals surface area (Å²) in [4.78, 5) is 8.08. The summed E-state index contributed by atoms with van der Waals surface area (Å²) in [6.45, 7) is 3.12. The Balaban J connectivity index is 1.94. The minimum Gasteiger partial charge on any atom is -0.355 e. The lowest BCUT2D eigenvalue weighted by molar-refractivity contribution is 0.476. The SMILES string of the molecule is CCNc1ncc(S(=O)(=O)NCC2CCSCC2)cn1. The van der Waals surface area contributed by atoms with Crippen molar-refractivity contribution in [3.63, 3.8) is 0 Å². The molecular formula is C12H20N4O2S2. The van der Waals surface area contributed by atoms with Crippen molar-refractivity contribution in [2.24, 2.45) is 5.92 Å². The van der Waals surface area contributed by atoms with Crippen LogP contribution in [0.2, 0.25) is 0 Å². The Morgan fingerprint density at radius 1 is 1.30 bits per heavy atom. The van der Waals surface area contributed by atoms with Gasteiger partial charge >= 0.3 is 0 Å². The number of hydrogen-bond donors (Lipinski definition) is 2. The number of anilines is 1. The van der Waals surface area contributed by atoms with Crippen molar-refractivity contribution in [2.75, 3.05) is 29.9 Å². The minimum atomic E-state index is -3.50. The molecule has 0 aromatic carbocycles. The van der Waals surface area contributed by atoms with Crippen LogP contribution in [0.3, 0.4) is 0 Å². The van der Waals surface area contributed by atoms with Gasteiger partial charge in [0.2, 0.25) is 16.0 Å². The van der Waals surface area contributed by atoms with Crippen molar-refractivity contribution in [3.05, 3.63) is 12.4 Å². The monoisotopic (exact) mass is 316 g/mol. The Morgan fingerprint density at radius 3 is 2.55 bits per heavy atom. The maximum Gasteiger partial charge on any atom is 0.243 e. The van der Waals surface area contributed by atoms with E-state index in [1.54, 1.807) is 0 Å². The van der Waals surface area contributed by atoms with Gasteiger partial charge in [0.25, 0.3) is 0 Å². The van der Waals surface area contributed by atoms with Gasteiger partial charge in [0.15, 0.2) is 0 Å². The third-order valence-corrected chi connectivity index (χ3v) is 5.60. The van der Waals surface area contributed by atoms with Gasteiger partial charge in [-0.3, -0.25) is 0 Å². The molecule has 6 nitrogen and oxygen atoms in total. The van der Waals surface area contributed by atoms with Gasteiger partial charge < -0.3 is 5.32 Å². The molecule has 1 aromatic rings. The van der Waals surface area contributed by atoms with E-state index in [0.717, 1.165) is 24.3 Å². The van der Waals surface area contributed by atoms with Crippen molar-refractivity contribution in [1.29, 1.82) is 0 Å². The second-order valence-electron chi connectivity index (χ2n) is 4.68. The molecule has 1 saturated heterocycles. The number of aromatic nitrogens is 2. The zero-order valence-corrected chi connectivity index (χ0v) is 13.1. The predicted octanol–water partition coefficient (Wildman–Crippen LogP) is 1.33. The van der Waals surface area contributed by atoms with Crippen LogP contribution in [0.15, 0.2) is 17.3 Å². The van der Waals surface area contributed by atoms with Gasteiger partial charge in [-0.25, -0.2) is 23.1 Å². The van der Waals surface area contributed by atoms with Crippen LogP contribution >= 0.6 is 11.8 Å². The van der Waals surface area contributed by atoms with Crippen LogP contribution < -0.4 is 10.0 Å². The van der Waals surface area contributed by atoms with Gasteiger partial charge in [0.1, 0.15) is 4.90 Å². The van der Waals surface area contributed by atoms with Gasteiger partial charge in [0.05, 0.1) is 12.4 Å². The molecule has 1 aromatic heterocycles. The topological polar surface area (TPSA) is 84.0 Å². The van der Waals surface area contributed by atoms with E-state index in [1.807, 2.05) is 18.7 Å². The largest absolute Gasteiger partial charge is 0.355 e. The summed E-state index contributed by atoms with van der Waals surface area (Å²) in [5.74, 6) is 3.11. The highest BCUT2D eigenvalue weighted by Crippen LogP contribution is 2.22. The van der Waals surface area contributed by atoms with E-state index in [1.165, 1.54) is 12.4 Å². The Bertz CT molecular complexity index is 513. The van der Waals surface area contributed by atoms with Crippen molar-refractivity contribution in [1.82, 2.24) is 14.7 Å². The standard InChI is InChI=1S/C12H20N4O2S2/c1-2-13-12-14-8-11(9-15-12)20(17,18)16-7-10-3-5-19-6-4-10/h8-10,16H,2-7H2,1H3,(H,13,14,15). The van der Waals surface area contributed by atoms with Crippen LogP contribution in [-0.2, 0) is 10.0 Å². The highest BCUT2D eigenvalue weighted by molar-refractivity contribution is 7.99. The first-order chi connectivity index (χ1) is 9.62. The Kier molecular flexibility index (Phi) is 5.62. The van der Waals surface area contributed by atoms with Gasteiger partial charge in [-0.2, -0.15) is 11.8 Å². The van der Waals surface area contributed by atoms with E-state index in [9.17, 15) is 8.42 Å². The number of sulfonamides is 1. The predicted molar refractivity (Wildman–Crippen MR) is 81.4 cm³/mol. The van der Waals surface area contributed by atoms with Crippen LogP contribution in [0.1, 0.15) is 19.8 Å². The van der Waals surface area contributed by atoms with E-state index < -0.39 is 10.0 Å². The summed E-state index contributed by atoms with van der Waals surface area (Å²) >= 11 is 1.93. The fourth-order valence-electron chi connectivity index (χ4n) is 1.97. The molecule has 2 rings (SSSR count). The van der Waals surface area contributed by atoms with E-state index in [2.05, 4.69) is 20.0 Å². The molecule has 0 aliphatic carbocycles. The average Bonchev–Trinajstić information content (AvgIpc) is 2.47. The van der Waals surface area contributed by atoms with Crippen LogP contribution in [0.5, 0.6) is 0 Å². The third-order valence-electron chi connectivity index (χ3n) is 3.18.